The third-order valence-corrected chi connectivity index (χ3v) is 8.69. The van der Waals surface area contributed by atoms with E-state index in [1.807, 2.05) is 0 Å². The molecule has 1 aromatic heterocycles. The molecule has 3 rings (SSSR count). The number of nitrogens with zero attached hydrogens (tertiary/aromatic N) is 4. The number of nitrogens with one attached hydrogen (secondary N) is 1. The lowest BCUT2D eigenvalue weighted by Gasteiger charge is -2.33. The fourth-order valence-corrected chi connectivity index (χ4v) is 5.29. The van der Waals surface area contributed by atoms with Crippen molar-refractivity contribution in [1.82, 2.24) is 18.5 Å². The zero-order chi connectivity index (χ0) is 22.8. The van der Waals surface area contributed by atoms with Gasteiger partial charge in [-0.1, -0.05) is 11.6 Å². The molecule has 2 heterocycles. The lowest BCUT2D eigenvalue weighted by atomic mass is 10.4. The number of hydrogen-bond donors (Lipinski definition) is 1. The minimum atomic E-state index is -3.67. The third kappa shape index (κ3) is 5.15. The van der Waals surface area contributed by atoms with Crippen LogP contribution < -0.4 is 5.32 Å². The van der Waals surface area contributed by atoms with Crippen molar-refractivity contribution in [3.05, 3.63) is 47.6 Å². The number of halogens is 1. The summed E-state index contributed by atoms with van der Waals surface area (Å²) >= 11 is 5.82. The number of amides is 2. The molecule has 0 unspecified atom stereocenters. The Kier molecular flexibility index (Phi) is 6.86. The topological polar surface area (TPSA) is 120 Å². The molecule has 1 aliphatic heterocycles. The first kappa shape index (κ1) is 23.4. The predicted octanol–water partition coefficient (Wildman–Crippen LogP) is 1.52. The zero-order valence-electron chi connectivity index (χ0n) is 16.9. The number of piperazine rings is 1. The summed E-state index contributed by atoms with van der Waals surface area (Å²) in [6.45, 7) is 0.690. The van der Waals surface area contributed by atoms with Gasteiger partial charge in [0.2, 0.25) is 20.0 Å². The molecule has 2 amide bonds. The number of rotatable bonds is 5. The molecule has 0 saturated carbocycles. The molecule has 1 aliphatic rings. The normalized spacial score (nSPS) is 15.8. The number of aromatic nitrogens is 1. The van der Waals surface area contributed by atoms with Gasteiger partial charge in [-0.05, 0) is 36.4 Å². The second-order valence-electron chi connectivity index (χ2n) is 6.94. The molecule has 13 heteroatoms. The summed E-state index contributed by atoms with van der Waals surface area (Å²) in [5, 5.41) is 3.04. The van der Waals surface area contributed by atoms with E-state index in [2.05, 4.69) is 10.3 Å². The van der Waals surface area contributed by atoms with Crippen LogP contribution in [0.25, 0.3) is 0 Å². The van der Waals surface area contributed by atoms with Crippen LogP contribution in [0.3, 0.4) is 0 Å². The van der Waals surface area contributed by atoms with Crippen LogP contribution in [0, 0.1) is 0 Å². The molecule has 168 valence electrons. The minimum Gasteiger partial charge on any atom is -0.322 e. The number of benzene rings is 1. The van der Waals surface area contributed by atoms with E-state index in [0.717, 1.165) is 4.31 Å². The number of pyridine rings is 1. The van der Waals surface area contributed by atoms with Crippen LogP contribution in [0.15, 0.2) is 52.4 Å². The maximum absolute atomic E-state index is 12.7. The minimum absolute atomic E-state index is 0.0107. The maximum Gasteiger partial charge on any atom is 0.323 e. The Balaban J connectivity index is 1.60. The quantitative estimate of drug-likeness (QED) is 0.682. The van der Waals surface area contributed by atoms with Crippen molar-refractivity contribution in [3.63, 3.8) is 0 Å². The van der Waals surface area contributed by atoms with Crippen molar-refractivity contribution in [2.24, 2.45) is 0 Å². The molecule has 0 atom stereocenters. The summed E-state index contributed by atoms with van der Waals surface area (Å²) in [4.78, 5) is 18.1. The third-order valence-electron chi connectivity index (χ3n) is 4.73. The SMILES string of the molecule is CN(C)S(=O)(=O)c1ccc(NC(=O)N2CCN(S(=O)(=O)c3ccc(Cl)cc3)CC2)nc1. The van der Waals surface area contributed by atoms with E-state index in [1.165, 1.54) is 65.9 Å². The molecule has 31 heavy (non-hydrogen) atoms. The summed E-state index contributed by atoms with van der Waals surface area (Å²) in [5.74, 6) is 0.193. The van der Waals surface area contributed by atoms with Crippen molar-refractivity contribution >= 4 is 43.5 Å². The van der Waals surface area contributed by atoms with Gasteiger partial charge in [0.05, 0.1) is 4.90 Å². The van der Waals surface area contributed by atoms with Crippen molar-refractivity contribution in [3.8, 4) is 0 Å². The van der Waals surface area contributed by atoms with Crippen molar-refractivity contribution in [2.45, 2.75) is 9.79 Å². The second kappa shape index (κ2) is 9.09. The van der Waals surface area contributed by atoms with Gasteiger partial charge in [0.25, 0.3) is 0 Å². The molecule has 1 aromatic carbocycles. The van der Waals surface area contributed by atoms with Crippen LogP contribution in [-0.4, -0.2) is 81.6 Å². The molecule has 1 saturated heterocycles. The van der Waals surface area contributed by atoms with Crippen molar-refractivity contribution in [2.75, 3.05) is 45.6 Å². The molecule has 10 nitrogen and oxygen atoms in total. The van der Waals surface area contributed by atoms with Gasteiger partial charge in [0.1, 0.15) is 10.7 Å². The van der Waals surface area contributed by atoms with Gasteiger partial charge < -0.3 is 4.90 Å². The Morgan fingerprint density at radius 3 is 2.06 bits per heavy atom. The number of carbonyl (C=O) groups excluding carboxylic acids is 1. The number of hydrogen-bond acceptors (Lipinski definition) is 6. The highest BCUT2D eigenvalue weighted by Crippen LogP contribution is 2.20. The first-order valence-electron chi connectivity index (χ1n) is 9.22. The van der Waals surface area contributed by atoms with Crippen LogP contribution >= 0.6 is 11.6 Å². The van der Waals surface area contributed by atoms with Crippen LogP contribution in [0.5, 0.6) is 0 Å². The van der Waals surface area contributed by atoms with Crippen molar-refractivity contribution in [1.29, 1.82) is 0 Å². The highest BCUT2D eigenvalue weighted by atomic mass is 35.5. The Morgan fingerprint density at radius 2 is 1.55 bits per heavy atom. The number of carbonyl (C=O) groups is 1. The average molecular weight is 488 g/mol. The molecule has 0 aliphatic carbocycles. The van der Waals surface area contributed by atoms with Crippen molar-refractivity contribution < 1.29 is 21.6 Å². The molecule has 2 aromatic rings. The largest absolute Gasteiger partial charge is 0.323 e. The highest BCUT2D eigenvalue weighted by Gasteiger charge is 2.30. The monoisotopic (exact) mass is 487 g/mol. The molecular weight excluding hydrogens is 466 g/mol. The van der Waals surface area contributed by atoms with E-state index >= 15 is 0 Å². The number of urea groups is 1. The summed E-state index contributed by atoms with van der Waals surface area (Å²) < 4.78 is 52.0. The molecular formula is C18H22ClN5O5S2. The number of anilines is 1. The average Bonchev–Trinajstić information content (AvgIpc) is 2.74. The van der Waals surface area contributed by atoms with E-state index in [0.29, 0.717) is 5.02 Å². The fourth-order valence-electron chi connectivity index (χ4n) is 2.89. The predicted molar refractivity (Wildman–Crippen MR) is 116 cm³/mol. The van der Waals surface area contributed by atoms with Gasteiger partial charge in [0.15, 0.2) is 0 Å². The zero-order valence-corrected chi connectivity index (χ0v) is 19.3. The Labute approximate surface area is 186 Å². The van der Waals surface area contributed by atoms with Crippen LogP contribution in [0.4, 0.5) is 10.6 Å². The highest BCUT2D eigenvalue weighted by molar-refractivity contribution is 7.89. The standard InChI is InChI=1S/C18H22ClN5O5S2/c1-22(2)30(26,27)16-7-8-17(20-13-16)21-18(25)23-9-11-24(12-10-23)31(28,29)15-5-3-14(19)4-6-15/h3-8,13H,9-12H2,1-2H3,(H,20,21,25). The second-order valence-corrected chi connectivity index (χ2v) is 11.5. The maximum atomic E-state index is 12.7. The smallest absolute Gasteiger partial charge is 0.322 e. The van der Waals surface area contributed by atoms with E-state index in [4.69, 9.17) is 11.6 Å². The van der Waals surface area contributed by atoms with E-state index < -0.39 is 26.1 Å². The van der Waals surface area contributed by atoms with Gasteiger partial charge >= 0.3 is 6.03 Å². The van der Waals surface area contributed by atoms with Gasteiger partial charge in [0, 0.05) is 51.5 Å². The van der Waals surface area contributed by atoms with Gasteiger partial charge in [-0.3, -0.25) is 5.32 Å². The van der Waals surface area contributed by atoms with Gasteiger partial charge in [-0.25, -0.2) is 30.9 Å². The molecule has 1 fully saturated rings. The Hall–Kier alpha value is -2.25. The lowest BCUT2D eigenvalue weighted by molar-refractivity contribution is 0.184. The molecule has 1 N–H and O–H groups in total. The summed E-state index contributed by atoms with van der Waals surface area (Å²) in [6, 6.07) is 8.23. The number of sulfonamides is 2. The Morgan fingerprint density at radius 1 is 0.968 bits per heavy atom. The van der Waals surface area contributed by atoms with Gasteiger partial charge in [-0.15, -0.1) is 0 Å². The molecule has 0 bridgehead atoms. The van der Waals surface area contributed by atoms with Crippen LogP contribution in [0.2, 0.25) is 5.02 Å². The molecule has 0 spiro atoms. The summed E-state index contributed by atoms with van der Waals surface area (Å²) in [6.07, 6.45) is 1.17. The Bertz CT molecular complexity index is 1140. The lowest BCUT2D eigenvalue weighted by Crippen LogP contribution is -2.51. The van der Waals surface area contributed by atoms with E-state index in [-0.39, 0.29) is 41.8 Å². The van der Waals surface area contributed by atoms with Gasteiger partial charge in [-0.2, -0.15) is 4.31 Å². The van der Waals surface area contributed by atoms with Crippen LogP contribution in [0.1, 0.15) is 0 Å². The molecule has 0 radical (unpaired) electrons. The summed E-state index contributed by atoms with van der Waals surface area (Å²) in [5.41, 5.74) is 0. The van der Waals surface area contributed by atoms with E-state index in [9.17, 15) is 21.6 Å². The first-order chi connectivity index (χ1) is 14.5. The first-order valence-corrected chi connectivity index (χ1v) is 12.5. The van der Waals surface area contributed by atoms with E-state index in [1.54, 1.807) is 0 Å². The van der Waals surface area contributed by atoms with Crippen LogP contribution in [-0.2, 0) is 20.0 Å². The fraction of sp³-hybridized carbons (Fsp3) is 0.333. The summed E-state index contributed by atoms with van der Waals surface area (Å²) in [7, 11) is -4.45.